The molecule has 1 aliphatic heterocycles. The van der Waals surface area contributed by atoms with E-state index in [4.69, 9.17) is 0 Å². The summed E-state index contributed by atoms with van der Waals surface area (Å²) in [6, 6.07) is 11.7. The molecule has 1 saturated heterocycles. The van der Waals surface area contributed by atoms with Crippen LogP contribution in [0.5, 0.6) is 0 Å². The second-order valence-electron chi connectivity index (χ2n) is 8.06. The van der Waals surface area contributed by atoms with E-state index in [-0.39, 0.29) is 23.4 Å². The predicted molar refractivity (Wildman–Crippen MR) is 112 cm³/mol. The lowest BCUT2D eigenvalue weighted by atomic mass is 9.90. The molecule has 0 radical (unpaired) electrons. The molecule has 1 unspecified atom stereocenters. The number of fused-ring (bicyclic) bond motifs is 3. The number of carbonyl (C=O) groups is 1. The van der Waals surface area contributed by atoms with Crippen LogP contribution < -0.4 is 15.8 Å². The number of H-pyrrole nitrogens is 2. The fourth-order valence-corrected chi connectivity index (χ4v) is 4.73. The molecule has 3 aromatic rings. The third kappa shape index (κ3) is 3.41. The second-order valence-corrected chi connectivity index (χ2v) is 8.06. The first kappa shape index (κ1) is 18.0. The van der Waals surface area contributed by atoms with Crippen molar-refractivity contribution in [3.8, 4) is 0 Å². The lowest BCUT2D eigenvalue weighted by Gasteiger charge is -2.33. The normalized spacial score (nSPS) is 19.9. The Hall–Kier alpha value is -3.09. The van der Waals surface area contributed by atoms with Crippen molar-refractivity contribution < 1.29 is 4.79 Å². The van der Waals surface area contributed by atoms with E-state index in [2.05, 4.69) is 43.6 Å². The predicted octanol–water partition coefficient (Wildman–Crippen LogP) is 2.66. The lowest BCUT2D eigenvalue weighted by Crippen LogP contribution is -2.42. The van der Waals surface area contributed by atoms with Gasteiger partial charge in [-0.15, -0.1) is 0 Å². The summed E-state index contributed by atoms with van der Waals surface area (Å²) in [5.41, 5.74) is 3.49. The van der Waals surface area contributed by atoms with E-state index in [0.29, 0.717) is 0 Å². The van der Waals surface area contributed by atoms with Crippen molar-refractivity contribution in [1.29, 1.82) is 0 Å². The van der Waals surface area contributed by atoms with Crippen LogP contribution in [0.4, 0.5) is 5.82 Å². The zero-order chi connectivity index (χ0) is 19.8. The summed E-state index contributed by atoms with van der Waals surface area (Å²) in [4.78, 5) is 29.8. The number of carbonyl (C=O) groups excluding carboxylic acids is 1. The minimum absolute atomic E-state index is 0.0174. The van der Waals surface area contributed by atoms with Gasteiger partial charge < -0.3 is 15.2 Å². The van der Waals surface area contributed by atoms with E-state index in [1.54, 1.807) is 6.07 Å². The Morgan fingerprint density at radius 3 is 2.72 bits per heavy atom. The average molecular weight is 391 g/mol. The number of aryl methyl sites for hydroxylation is 1. The van der Waals surface area contributed by atoms with Gasteiger partial charge in [0, 0.05) is 41.7 Å². The summed E-state index contributed by atoms with van der Waals surface area (Å²) >= 11 is 0. The van der Waals surface area contributed by atoms with E-state index in [9.17, 15) is 9.59 Å². The first-order valence-corrected chi connectivity index (χ1v) is 10.4. The van der Waals surface area contributed by atoms with Gasteiger partial charge in [0.05, 0.1) is 6.04 Å². The summed E-state index contributed by atoms with van der Waals surface area (Å²) in [6.45, 7) is 1.53. The molecule has 1 aromatic carbocycles. The Labute approximate surface area is 168 Å². The van der Waals surface area contributed by atoms with Crippen LogP contribution in [0.2, 0.25) is 0 Å². The van der Waals surface area contributed by atoms with E-state index >= 15 is 0 Å². The van der Waals surface area contributed by atoms with Crippen molar-refractivity contribution in [1.82, 2.24) is 20.5 Å². The van der Waals surface area contributed by atoms with Crippen LogP contribution in [-0.4, -0.2) is 34.2 Å². The van der Waals surface area contributed by atoms with Crippen molar-refractivity contribution >= 4 is 22.6 Å². The highest BCUT2D eigenvalue weighted by Crippen LogP contribution is 2.35. The van der Waals surface area contributed by atoms with E-state index in [0.717, 1.165) is 56.5 Å². The van der Waals surface area contributed by atoms with E-state index in [1.807, 2.05) is 6.07 Å². The fourth-order valence-electron chi connectivity index (χ4n) is 4.73. The number of aromatic amines is 2. The molecule has 150 valence electrons. The minimum atomic E-state index is -0.202. The number of aromatic nitrogens is 3. The van der Waals surface area contributed by atoms with Gasteiger partial charge in [-0.2, -0.15) is 5.10 Å². The standard InChI is InChI=1S/C22H25N5O2/c28-20-9-8-19(25-26-20)27-12-10-14(11-13-27)22(29)24-18-7-3-5-16-15-4-1-2-6-17(15)23-21(16)18/h1-2,4,6,8-9,14,18,23H,3,5,7,10-13H2,(H,24,29)(H,26,28). The zero-order valence-electron chi connectivity index (χ0n) is 16.3. The van der Waals surface area contributed by atoms with E-state index < -0.39 is 0 Å². The van der Waals surface area contributed by atoms with Crippen LogP contribution in [-0.2, 0) is 11.2 Å². The Bertz CT molecular complexity index is 1070. The fraction of sp³-hybridized carbons (Fsp3) is 0.409. The van der Waals surface area contributed by atoms with Gasteiger partial charge in [0.15, 0.2) is 0 Å². The van der Waals surface area contributed by atoms with Gasteiger partial charge in [0.25, 0.3) is 5.56 Å². The Morgan fingerprint density at radius 2 is 1.93 bits per heavy atom. The number of hydrogen-bond donors (Lipinski definition) is 3. The maximum Gasteiger partial charge on any atom is 0.264 e. The number of nitrogens with zero attached hydrogens (tertiary/aromatic N) is 2. The second kappa shape index (κ2) is 7.39. The molecule has 7 nitrogen and oxygen atoms in total. The number of amides is 1. The summed E-state index contributed by atoms with van der Waals surface area (Å²) in [5.74, 6) is 0.929. The first-order valence-electron chi connectivity index (χ1n) is 10.4. The summed E-state index contributed by atoms with van der Waals surface area (Å²) in [6.07, 6.45) is 4.72. The molecule has 1 aliphatic carbocycles. The number of hydrogen-bond acceptors (Lipinski definition) is 4. The SMILES string of the molecule is O=C(NC1CCCc2c1[nH]c1ccccc21)C1CCN(c2ccc(=O)[nH]n2)CC1. The molecule has 0 spiro atoms. The van der Waals surface area contributed by atoms with Gasteiger partial charge in [-0.05, 0) is 49.8 Å². The third-order valence-electron chi connectivity index (χ3n) is 6.29. The first-order chi connectivity index (χ1) is 14.2. The molecule has 3 heterocycles. The summed E-state index contributed by atoms with van der Waals surface area (Å²) < 4.78 is 0. The van der Waals surface area contributed by atoms with Crippen LogP contribution in [0.15, 0.2) is 41.2 Å². The van der Waals surface area contributed by atoms with Crippen molar-refractivity contribution in [2.75, 3.05) is 18.0 Å². The number of para-hydroxylation sites is 1. The number of rotatable bonds is 3. The summed E-state index contributed by atoms with van der Waals surface area (Å²) in [7, 11) is 0. The average Bonchev–Trinajstić information content (AvgIpc) is 3.14. The van der Waals surface area contributed by atoms with Crippen LogP contribution in [0.25, 0.3) is 10.9 Å². The topological polar surface area (TPSA) is 93.9 Å². The third-order valence-corrected chi connectivity index (χ3v) is 6.29. The maximum atomic E-state index is 13.0. The maximum absolute atomic E-state index is 13.0. The Morgan fingerprint density at radius 1 is 1.10 bits per heavy atom. The molecular formula is C22H25N5O2. The molecule has 1 atom stereocenters. The number of anilines is 1. The minimum Gasteiger partial charge on any atom is -0.356 e. The van der Waals surface area contributed by atoms with Crippen molar-refractivity contribution in [3.63, 3.8) is 0 Å². The monoisotopic (exact) mass is 391 g/mol. The van der Waals surface area contributed by atoms with Crippen LogP contribution >= 0.6 is 0 Å². The van der Waals surface area contributed by atoms with Crippen molar-refractivity contribution in [2.24, 2.45) is 5.92 Å². The number of benzene rings is 1. The van der Waals surface area contributed by atoms with Crippen LogP contribution in [0.1, 0.15) is 43.0 Å². The molecule has 1 fully saturated rings. The molecule has 5 rings (SSSR count). The number of nitrogens with one attached hydrogen (secondary N) is 3. The largest absolute Gasteiger partial charge is 0.356 e. The highest BCUT2D eigenvalue weighted by Gasteiger charge is 2.30. The molecule has 29 heavy (non-hydrogen) atoms. The van der Waals surface area contributed by atoms with Gasteiger partial charge in [0.1, 0.15) is 5.82 Å². The highest BCUT2D eigenvalue weighted by atomic mass is 16.2. The molecule has 2 aromatic heterocycles. The smallest absolute Gasteiger partial charge is 0.264 e. The van der Waals surface area contributed by atoms with Crippen molar-refractivity contribution in [2.45, 2.75) is 38.1 Å². The quantitative estimate of drug-likeness (QED) is 0.640. The highest BCUT2D eigenvalue weighted by molar-refractivity contribution is 5.86. The van der Waals surface area contributed by atoms with Crippen molar-refractivity contribution in [3.05, 3.63) is 58.0 Å². The molecule has 7 heteroatoms. The van der Waals surface area contributed by atoms with Gasteiger partial charge in [-0.25, -0.2) is 5.10 Å². The molecule has 0 saturated carbocycles. The zero-order valence-corrected chi connectivity index (χ0v) is 16.3. The molecule has 0 bridgehead atoms. The Kier molecular flexibility index (Phi) is 4.58. The molecule has 2 aliphatic rings. The van der Waals surface area contributed by atoms with Gasteiger partial charge in [-0.3, -0.25) is 9.59 Å². The number of piperidine rings is 1. The molecule has 3 N–H and O–H groups in total. The Balaban J connectivity index is 1.25. The lowest BCUT2D eigenvalue weighted by molar-refractivity contribution is -0.126. The van der Waals surface area contributed by atoms with Gasteiger partial charge >= 0.3 is 0 Å². The summed E-state index contributed by atoms with van der Waals surface area (Å²) in [5, 5.41) is 11.2. The van der Waals surface area contributed by atoms with Crippen LogP contribution in [0.3, 0.4) is 0 Å². The van der Waals surface area contributed by atoms with Gasteiger partial charge in [0.2, 0.25) is 5.91 Å². The van der Waals surface area contributed by atoms with Gasteiger partial charge in [-0.1, -0.05) is 18.2 Å². The van der Waals surface area contributed by atoms with E-state index in [1.165, 1.54) is 22.7 Å². The molecular weight excluding hydrogens is 366 g/mol. The molecule has 1 amide bonds. The van der Waals surface area contributed by atoms with Crippen LogP contribution in [0, 0.1) is 5.92 Å².